The van der Waals surface area contributed by atoms with Crippen molar-refractivity contribution < 1.29 is 9.59 Å². The van der Waals surface area contributed by atoms with Crippen LogP contribution < -0.4 is 20.9 Å². The zero-order chi connectivity index (χ0) is 21.6. The molecule has 0 aromatic heterocycles. The van der Waals surface area contributed by atoms with E-state index in [2.05, 4.69) is 27.8 Å². The second-order valence-electron chi connectivity index (χ2n) is 7.86. The van der Waals surface area contributed by atoms with Gasteiger partial charge in [-0.2, -0.15) is 0 Å². The largest absolute Gasteiger partial charge is 0.371 e. The third-order valence-electron chi connectivity index (χ3n) is 5.35. The second kappa shape index (κ2) is 9.34. The molecule has 0 spiro atoms. The van der Waals surface area contributed by atoms with Crippen molar-refractivity contribution in [1.82, 2.24) is 0 Å². The summed E-state index contributed by atoms with van der Waals surface area (Å²) in [5.74, 6) is 0.532. The van der Waals surface area contributed by atoms with Crippen molar-refractivity contribution in [3.63, 3.8) is 0 Å². The van der Waals surface area contributed by atoms with Gasteiger partial charge in [0.1, 0.15) is 0 Å². The molecule has 158 valence electrons. The molecule has 1 saturated heterocycles. The Morgan fingerprint density at radius 3 is 1.97 bits per heavy atom. The van der Waals surface area contributed by atoms with Gasteiger partial charge in [-0.15, -0.1) is 0 Å². The molecular formula is C25H26N4O2. The summed E-state index contributed by atoms with van der Waals surface area (Å²) in [6.07, 6.45) is 1.22. The number of hydrogen-bond acceptors (Lipinski definition) is 3. The summed E-state index contributed by atoms with van der Waals surface area (Å²) in [6, 6.07) is 23.6. The molecule has 3 N–H and O–H groups in total. The molecular weight excluding hydrogens is 388 g/mol. The predicted octanol–water partition coefficient (Wildman–Crippen LogP) is 5.43. The van der Waals surface area contributed by atoms with Crippen LogP contribution in [0.25, 0.3) is 0 Å². The van der Waals surface area contributed by atoms with E-state index >= 15 is 0 Å². The first-order chi connectivity index (χ1) is 15.1. The maximum atomic E-state index is 12.6. The Bertz CT molecular complexity index is 1030. The molecule has 31 heavy (non-hydrogen) atoms. The number of urea groups is 1. The molecule has 3 aromatic carbocycles. The first-order valence-electron chi connectivity index (χ1n) is 10.5. The number of nitrogens with zero attached hydrogens (tertiary/aromatic N) is 1. The highest BCUT2D eigenvalue weighted by atomic mass is 16.2. The van der Waals surface area contributed by atoms with Gasteiger partial charge in [0.25, 0.3) is 5.91 Å². The van der Waals surface area contributed by atoms with Gasteiger partial charge in [-0.05, 0) is 73.0 Å². The average Bonchev–Trinajstić information content (AvgIpc) is 3.21. The minimum absolute atomic E-state index is 0.192. The van der Waals surface area contributed by atoms with Gasteiger partial charge in [-0.3, -0.25) is 4.79 Å². The number of para-hydroxylation sites is 1. The molecule has 0 bridgehead atoms. The highest BCUT2D eigenvalue weighted by Crippen LogP contribution is 2.25. The Kier molecular flexibility index (Phi) is 6.17. The average molecular weight is 415 g/mol. The molecule has 4 rings (SSSR count). The fourth-order valence-corrected chi connectivity index (χ4v) is 3.65. The Balaban J connectivity index is 1.31. The van der Waals surface area contributed by atoms with E-state index in [1.165, 1.54) is 12.1 Å². The van der Waals surface area contributed by atoms with Gasteiger partial charge < -0.3 is 20.9 Å². The lowest BCUT2D eigenvalue weighted by Gasteiger charge is -2.18. The van der Waals surface area contributed by atoms with Gasteiger partial charge in [0.05, 0.1) is 0 Å². The van der Waals surface area contributed by atoms with Crippen molar-refractivity contribution >= 4 is 34.7 Å². The number of hydrogen-bond donors (Lipinski definition) is 3. The van der Waals surface area contributed by atoms with Gasteiger partial charge >= 0.3 is 6.03 Å². The molecule has 1 aliphatic rings. The zero-order valence-electron chi connectivity index (χ0n) is 17.5. The molecule has 1 aliphatic heterocycles. The normalized spacial score (nSPS) is 15.4. The molecule has 0 saturated carbocycles. The van der Waals surface area contributed by atoms with Crippen LogP contribution in [-0.2, 0) is 0 Å². The van der Waals surface area contributed by atoms with Crippen LogP contribution in [0, 0.1) is 5.92 Å². The highest BCUT2D eigenvalue weighted by Gasteiger charge is 2.18. The molecule has 6 heteroatoms. The van der Waals surface area contributed by atoms with Crippen LogP contribution >= 0.6 is 0 Å². The third kappa shape index (κ3) is 5.42. The summed E-state index contributed by atoms with van der Waals surface area (Å²) in [5, 5.41) is 8.43. The predicted molar refractivity (Wildman–Crippen MR) is 126 cm³/mol. The number of nitrogens with one attached hydrogen (secondary N) is 3. The van der Waals surface area contributed by atoms with Crippen LogP contribution in [0.3, 0.4) is 0 Å². The molecule has 0 radical (unpaired) electrons. The molecule has 0 aliphatic carbocycles. The SMILES string of the molecule is CC1CCN(c2ccc(NC(=O)c3ccc(NC(=O)Nc4ccccc4)cc3)cc2)C1. The van der Waals surface area contributed by atoms with Gasteiger partial charge in [0.15, 0.2) is 0 Å². The van der Waals surface area contributed by atoms with E-state index in [-0.39, 0.29) is 11.9 Å². The first kappa shape index (κ1) is 20.5. The number of carbonyl (C=O) groups excluding carboxylic acids is 2. The van der Waals surface area contributed by atoms with Crippen molar-refractivity contribution in [2.45, 2.75) is 13.3 Å². The number of anilines is 4. The Morgan fingerprint density at radius 2 is 1.35 bits per heavy atom. The smallest absolute Gasteiger partial charge is 0.323 e. The lowest BCUT2D eigenvalue weighted by atomic mass is 10.2. The van der Waals surface area contributed by atoms with Gasteiger partial charge in [0.2, 0.25) is 0 Å². The summed E-state index contributed by atoms with van der Waals surface area (Å²) in [7, 11) is 0. The quantitative estimate of drug-likeness (QED) is 0.521. The molecule has 3 aromatic rings. The van der Waals surface area contributed by atoms with E-state index in [4.69, 9.17) is 0 Å². The fraction of sp³-hybridized carbons (Fsp3) is 0.200. The highest BCUT2D eigenvalue weighted by molar-refractivity contribution is 6.05. The van der Waals surface area contributed by atoms with Crippen molar-refractivity contribution in [3.8, 4) is 0 Å². The van der Waals surface area contributed by atoms with E-state index in [9.17, 15) is 9.59 Å². The Morgan fingerprint density at radius 1 is 0.774 bits per heavy atom. The van der Waals surface area contributed by atoms with Crippen LogP contribution in [0.2, 0.25) is 0 Å². The van der Waals surface area contributed by atoms with E-state index in [1.54, 1.807) is 24.3 Å². The van der Waals surface area contributed by atoms with Crippen LogP contribution in [0.1, 0.15) is 23.7 Å². The summed E-state index contributed by atoms with van der Waals surface area (Å²) < 4.78 is 0. The van der Waals surface area contributed by atoms with Gasteiger partial charge in [-0.25, -0.2) is 4.79 Å². The lowest BCUT2D eigenvalue weighted by Crippen LogP contribution is -2.19. The van der Waals surface area contributed by atoms with Crippen molar-refractivity contribution in [2.75, 3.05) is 33.9 Å². The summed E-state index contributed by atoms with van der Waals surface area (Å²) in [6.45, 7) is 4.43. The fourth-order valence-electron chi connectivity index (χ4n) is 3.65. The molecule has 6 nitrogen and oxygen atoms in total. The Labute approximate surface area is 182 Å². The number of amides is 3. The molecule has 1 unspecified atom stereocenters. The minimum atomic E-state index is -0.337. The zero-order valence-corrected chi connectivity index (χ0v) is 17.5. The monoisotopic (exact) mass is 414 g/mol. The maximum absolute atomic E-state index is 12.6. The third-order valence-corrected chi connectivity index (χ3v) is 5.35. The standard InChI is InChI=1S/C25H26N4O2/c1-18-15-16-29(17-18)23-13-11-21(12-14-23)26-24(30)19-7-9-22(10-8-19)28-25(31)27-20-5-3-2-4-6-20/h2-14,18H,15-17H2,1H3,(H,26,30)(H2,27,28,31). The maximum Gasteiger partial charge on any atom is 0.323 e. The molecule has 1 atom stereocenters. The summed E-state index contributed by atoms with van der Waals surface area (Å²) in [5.41, 5.74) is 3.78. The van der Waals surface area contributed by atoms with Gasteiger partial charge in [-0.1, -0.05) is 25.1 Å². The van der Waals surface area contributed by atoms with Crippen LogP contribution in [0.15, 0.2) is 78.9 Å². The number of rotatable bonds is 5. The van der Waals surface area contributed by atoms with Crippen molar-refractivity contribution in [2.24, 2.45) is 5.92 Å². The van der Waals surface area contributed by atoms with Crippen LogP contribution in [-0.4, -0.2) is 25.0 Å². The first-order valence-corrected chi connectivity index (χ1v) is 10.5. The molecule has 1 fully saturated rings. The van der Waals surface area contributed by atoms with Crippen LogP contribution in [0.4, 0.5) is 27.5 Å². The number of benzene rings is 3. The topological polar surface area (TPSA) is 73.5 Å². The number of carbonyl (C=O) groups is 2. The lowest BCUT2D eigenvalue weighted by molar-refractivity contribution is 0.102. The van der Waals surface area contributed by atoms with E-state index < -0.39 is 0 Å². The van der Waals surface area contributed by atoms with E-state index in [0.29, 0.717) is 16.9 Å². The van der Waals surface area contributed by atoms with Crippen molar-refractivity contribution in [1.29, 1.82) is 0 Å². The minimum Gasteiger partial charge on any atom is -0.371 e. The Hall–Kier alpha value is -3.80. The second-order valence-corrected chi connectivity index (χ2v) is 7.86. The van der Waals surface area contributed by atoms with Gasteiger partial charge in [0, 0.05) is 41.4 Å². The summed E-state index contributed by atoms with van der Waals surface area (Å²) in [4.78, 5) is 27.0. The van der Waals surface area contributed by atoms with Crippen LogP contribution in [0.5, 0.6) is 0 Å². The van der Waals surface area contributed by atoms with E-state index in [1.807, 2.05) is 54.6 Å². The van der Waals surface area contributed by atoms with E-state index in [0.717, 1.165) is 24.7 Å². The molecule has 3 amide bonds. The van der Waals surface area contributed by atoms with Crippen molar-refractivity contribution in [3.05, 3.63) is 84.4 Å². The summed E-state index contributed by atoms with van der Waals surface area (Å²) >= 11 is 0. The molecule has 1 heterocycles.